The van der Waals surface area contributed by atoms with Crippen molar-refractivity contribution < 1.29 is 23.1 Å². The van der Waals surface area contributed by atoms with Crippen LogP contribution in [-0.2, 0) is 6.42 Å². The van der Waals surface area contributed by atoms with E-state index in [1.54, 1.807) is 19.1 Å². The first kappa shape index (κ1) is 23.1. The first-order valence-electron chi connectivity index (χ1n) is 10.9. The number of ether oxygens (including phenoxy) is 2. The summed E-state index contributed by atoms with van der Waals surface area (Å²) >= 11 is 3.43. The summed E-state index contributed by atoms with van der Waals surface area (Å²) in [5.74, 6) is 0.281. The van der Waals surface area contributed by atoms with E-state index in [-0.39, 0.29) is 28.2 Å². The fraction of sp³-hybridized carbons (Fsp3) is 0.185. The molecule has 178 valence electrons. The smallest absolute Gasteiger partial charge is 0.290 e. The van der Waals surface area contributed by atoms with E-state index < -0.39 is 17.3 Å². The summed E-state index contributed by atoms with van der Waals surface area (Å²) in [6, 6.07) is 16.1. The van der Waals surface area contributed by atoms with Gasteiger partial charge in [-0.3, -0.25) is 9.59 Å². The lowest BCUT2D eigenvalue weighted by molar-refractivity contribution is 0.0730. The maximum Gasteiger partial charge on any atom is 0.290 e. The number of carbonyl (C=O) groups excluding carboxylic acids is 1. The largest absolute Gasteiger partial charge is 0.493 e. The number of rotatable bonds is 6. The third-order valence-electron chi connectivity index (χ3n) is 6.20. The van der Waals surface area contributed by atoms with Gasteiger partial charge in [-0.05, 0) is 60.0 Å². The highest BCUT2D eigenvalue weighted by molar-refractivity contribution is 9.10. The minimum Gasteiger partial charge on any atom is -0.493 e. The standard InChI is InChI=1S/C27H21BrFNO5/c1-33-21-9-3-15(13-22(21)34-2)11-12-30-24(16-4-6-17(28)7-5-16)23-25(31)19-14-18(29)8-10-20(19)35-26(23)27(30)32/h3-10,13-14,24H,11-12H2,1-2H3. The summed E-state index contributed by atoms with van der Waals surface area (Å²) in [4.78, 5) is 28.6. The average Bonchev–Trinajstić information content (AvgIpc) is 3.15. The van der Waals surface area contributed by atoms with Crippen LogP contribution in [0, 0.1) is 5.82 Å². The molecule has 35 heavy (non-hydrogen) atoms. The van der Waals surface area contributed by atoms with Crippen LogP contribution in [0.3, 0.4) is 0 Å². The van der Waals surface area contributed by atoms with Gasteiger partial charge in [0.25, 0.3) is 5.91 Å². The molecule has 1 atom stereocenters. The third-order valence-corrected chi connectivity index (χ3v) is 6.73. The van der Waals surface area contributed by atoms with Crippen molar-refractivity contribution in [3.63, 3.8) is 0 Å². The van der Waals surface area contributed by atoms with E-state index in [1.165, 1.54) is 12.1 Å². The maximum atomic E-state index is 13.9. The van der Waals surface area contributed by atoms with Crippen LogP contribution < -0.4 is 14.9 Å². The third kappa shape index (κ3) is 4.08. The lowest BCUT2D eigenvalue weighted by atomic mass is 9.98. The molecule has 0 saturated heterocycles. The van der Waals surface area contributed by atoms with E-state index in [0.29, 0.717) is 24.5 Å². The number of benzene rings is 3. The first-order chi connectivity index (χ1) is 16.9. The molecule has 5 rings (SSSR count). The molecule has 4 aromatic rings. The number of hydrogen-bond donors (Lipinski definition) is 0. The van der Waals surface area contributed by atoms with E-state index in [4.69, 9.17) is 13.9 Å². The molecule has 0 spiro atoms. The number of hydrogen-bond acceptors (Lipinski definition) is 5. The highest BCUT2D eigenvalue weighted by Crippen LogP contribution is 2.39. The predicted molar refractivity (Wildman–Crippen MR) is 133 cm³/mol. The van der Waals surface area contributed by atoms with Gasteiger partial charge in [-0.15, -0.1) is 0 Å². The van der Waals surface area contributed by atoms with Crippen LogP contribution in [-0.4, -0.2) is 31.6 Å². The lowest BCUT2D eigenvalue weighted by Crippen LogP contribution is -2.31. The van der Waals surface area contributed by atoms with E-state index in [2.05, 4.69) is 15.9 Å². The summed E-state index contributed by atoms with van der Waals surface area (Å²) in [5, 5.41) is 0.111. The zero-order chi connectivity index (χ0) is 24.7. The molecular formula is C27H21BrFNO5. The van der Waals surface area contributed by atoms with Crippen molar-refractivity contribution in [1.82, 2.24) is 4.90 Å². The normalized spacial score (nSPS) is 14.9. The highest BCUT2D eigenvalue weighted by Gasteiger charge is 2.42. The molecule has 1 unspecified atom stereocenters. The average molecular weight is 538 g/mol. The Hall–Kier alpha value is -3.65. The second kappa shape index (κ2) is 9.19. The Morgan fingerprint density at radius 2 is 1.71 bits per heavy atom. The summed E-state index contributed by atoms with van der Waals surface area (Å²) in [5.41, 5.74) is 1.70. The molecule has 0 aliphatic carbocycles. The molecule has 1 aromatic heterocycles. The van der Waals surface area contributed by atoms with Gasteiger partial charge in [-0.25, -0.2) is 4.39 Å². The SMILES string of the molecule is COc1ccc(CCN2C(=O)c3oc4ccc(F)cc4c(=O)c3C2c2ccc(Br)cc2)cc1OC. The predicted octanol–water partition coefficient (Wildman–Crippen LogP) is 5.50. The van der Waals surface area contributed by atoms with E-state index in [9.17, 15) is 14.0 Å². The number of halogens is 2. The van der Waals surface area contributed by atoms with Crippen LogP contribution in [0.15, 0.2) is 74.3 Å². The topological polar surface area (TPSA) is 69.0 Å². The van der Waals surface area contributed by atoms with E-state index >= 15 is 0 Å². The van der Waals surface area contributed by atoms with Crippen molar-refractivity contribution in [2.24, 2.45) is 0 Å². The Kier molecular flexibility index (Phi) is 6.06. The molecule has 0 radical (unpaired) electrons. The van der Waals surface area contributed by atoms with Crippen LogP contribution >= 0.6 is 15.9 Å². The minimum absolute atomic E-state index is 0.00524. The second-order valence-electron chi connectivity index (χ2n) is 8.21. The molecular weight excluding hydrogens is 517 g/mol. The van der Waals surface area contributed by atoms with Crippen molar-refractivity contribution in [3.05, 3.63) is 104 Å². The van der Waals surface area contributed by atoms with Gasteiger partial charge in [0.2, 0.25) is 5.76 Å². The van der Waals surface area contributed by atoms with Gasteiger partial charge in [0.05, 0.1) is 31.2 Å². The van der Waals surface area contributed by atoms with Crippen LogP contribution in [0.2, 0.25) is 0 Å². The van der Waals surface area contributed by atoms with Crippen molar-refractivity contribution in [1.29, 1.82) is 0 Å². The molecule has 6 nitrogen and oxygen atoms in total. The van der Waals surface area contributed by atoms with Gasteiger partial charge >= 0.3 is 0 Å². The fourth-order valence-electron chi connectivity index (χ4n) is 4.50. The Morgan fingerprint density at radius 1 is 0.971 bits per heavy atom. The maximum absolute atomic E-state index is 13.9. The van der Waals surface area contributed by atoms with Crippen LogP contribution in [0.1, 0.15) is 33.3 Å². The van der Waals surface area contributed by atoms with Crippen molar-refractivity contribution in [3.8, 4) is 11.5 Å². The monoisotopic (exact) mass is 537 g/mol. The van der Waals surface area contributed by atoms with Gasteiger partial charge in [-0.2, -0.15) is 0 Å². The summed E-state index contributed by atoms with van der Waals surface area (Å²) in [6.07, 6.45) is 0.509. The Bertz CT molecular complexity index is 1500. The van der Waals surface area contributed by atoms with Crippen molar-refractivity contribution >= 4 is 32.8 Å². The van der Waals surface area contributed by atoms with E-state index in [0.717, 1.165) is 21.7 Å². The Morgan fingerprint density at radius 3 is 2.43 bits per heavy atom. The number of amides is 1. The molecule has 1 amide bonds. The van der Waals surface area contributed by atoms with Crippen LogP contribution in [0.4, 0.5) is 4.39 Å². The molecule has 0 fully saturated rings. The molecule has 3 aromatic carbocycles. The Labute approximate surface area is 209 Å². The molecule has 0 bridgehead atoms. The van der Waals surface area contributed by atoms with Crippen LogP contribution in [0.5, 0.6) is 11.5 Å². The van der Waals surface area contributed by atoms with Crippen molar-refractivity contribution in [2.75, 3.05) is 20.8 Å². The van der Waals surface area contributed by atoms with Gasteiger partial charge in [-0.1, -0.05) is 34.1 Å². The Balaban J connectivity index is 1.58. The highest BCUT2D eigenvalue weighted by atomic mass is 79.9. The number of methoxy groups -OCH3 is 2. The van der Waals surface area contributed by atoms with Gasteiger partial charge in [0.15, 0.2) is 16.9 Å². The first-order valence-corrected chi connectivity index (χ1v) is 11.7. The molecule has 1 aliphatic heterocycles. The minimum atomic E-state index is -0.658. The number of carbonyl (C=O) groups is 1. The molecule has 8 heteroatoms. The number of nitrogens with zero attached hydrogens (tertiary/aromatic N) is 1. The summed E-state index contributed by atoms with van der Waals surface area (Å²) in [6.45, 7) is 0.323. The zero-order valence-corrected chi connectivity index (χ0v) is 20.6. The quantitative estimate of drug-likeness (QED) is 0.325. The van der Waals surface area contributed by atoms with Gasteiger partial charge in [0.1, 0.15) is 11.4 Å². The van der Waals surface area contributed by atoms with E-state index in [1.807, 2.05) is 42.5 Å². The van der Waals surface area contributed by atoms with Gasteiger partial charge in [0, 0.05) is 11.0 Å². The summed E-state index contributed by atoms with van der Waals surface area (Å²) < 4.78 is 31.4. The number of fused-ring (bicyclic) bond motifs is 2. The lowest BCUT2D eigenvalue weighted by Gasteiger charge is -2.25. The second-order valence-corrected chi connectivity index (χ2v) is 9.12. The zero-order valence-electron chi connectivity index (χ0n) is 19.0. The molecule has 0 N–H and O–H groups in total. The van der Waals surface area contributed by atoms with Crippen molar-refractivity contribution in [2.45, 2.75) is 12.5 Å². The van der Waals surface area contributed by atoms with Crippen LogP contribution in [0.25, 0.3) is 11.0 Å². The fourth-order valence-corrected chi connectivity index (χ4v) is 4.76. The summed E-state index contributed by atoms with van der Waals surface area (Å²) in [7, 11) is 3.14. The molecule has 1 aliphatic rings. The van der Waals surface area contributed by atoms with Gasteiger partial charge < -0.3 is 18.8 Å². The molecule has 0 saturated carbocycles. The molecule has 2 heterocycles.